The molecule has 2 amide bonds. The highest BCUT2D eigenvalue weighted by atomic mass is 16.5. The molecule has 1 aromatic heterocycles. The van der Waals surface area contributed by atoms with Gasteiger partial charge in [0.25, 0.3) is 0 Å². The first-order valence-corrected chi connectivity index (χ1v) is 9.10. The molecule has 3 fully saturated rings. The molecule has 1 aliphatic heterocycles. The second kappa shape index (κ2) is 6.53. The molecule has 24 heavy (non-hydrogen) atoms. The van der Waals surface area contributed by atoms with E-state index in [2.05, 4.69) is 15.5 Å². The highest BCUT2D eigenvalue weighted by Crippen LogP contribution is 2.33. The van der Waals surface area contributed by atoms with Crippen LogP contribution in [-0.2, 0) is 16.0 Å². The van der Waals surface area contributed by atoms with Crippen molar-refractivity contribution >= 4 is 11.8 Å². The van der Waals surface area contributed by atoms with E-state index in [0.29, 0.717) is 43.7 Å². The summed E-state index contributed by atoms with van der Waals surface area (Å²) in [5.74, 6) is 1.69. The minimum absolute atomic E-state index is 0.0361. The number of carbonyl (C=O) groups excluding carboxylic acids is 2. The summed E-state index contributed by atoms with van der Waals surface area (Å²) in [4.78, 5) is 30.5. The van der Waals surface area contributed by atoms with E-state index >= 15 is 0 Å². The van der Waals surface area contributed by atoms with E-state index < -0.39 is 0 Å². The smallest absolute Gasteiger partial charge is 0.229 e. The largest absolute Gasteiger partial charge is 0.355 e. The lowest BCUT2D eigenvalue weighted by Gasteiger charge is -2.15. The molecule has 0 aromatic carbocycles. The Morgan fingerprint density at radius 1 is 1.25 bits per heavy atom. The van der Waals surface area contributed by atoms with Gasteiger partial charge in [0.15, 0.2) is 5.82 Å². The highest BCUT2D eigenvalue weighted by Gasteiger charge is 2.41. The van der Waals surface area contributed by atoms with Crippen LogP contribution >= 0.6 is 0 Å². The molecule has 7 nitrogen and oxygen atoms in total. The molecule has 130 valence electrons. The van der Waals surface area contributed by atoms with Crippen LogP contribution in [0.5, 0.6) is 0 Å². The van der Waals surface area contributed by atoms with Gasteiger partial charge >= 0.3 is 0 Å². The topological polar surface area (TPSA) is 88.3 Å². The molecular weight excluding hydrogens is 308 g/mol. The Morgan fingerprint density at radius 3 is 2.79 bits per heavy atom. The minimum Gasteiger partial charge on any atom is -0.355 e. The Kier molecular flexibility index (Phi) is 4.24. The maximum absolute atomic E-state index is 12.2. The average Bonchev–Trinajstić information content (AvgIpc) is 2.99. The fourth-order valence-electron chi connectivity index (χ4n) is 3.80. The Balaban J connectivity index is 1.22. The van der Waals surface area contributed by atoms with E-state index in [0.717, 1.165) is 31.6 Å². The van der Waals surface area contributed by atoms with Crippen molar-refractivity contribution in [2.45, 2.75) is 63.3 Å². The van der Waals surface area contributed by atoms with Crippen molar-refractivity contribution in [3.8, 4) is 0 Å². The molecule has 1 atom stereocenters. The molecule has 0 radical (unpaired) electrons. The number of nitrogens with zero attached hydrogens (tertiary/aromatic N) is 3. The zero-order valence-corrected chi connectivity index (χ0v) is 13.9. The predicted molar refractivity (Wildman–Crippen MR) is 85.1 cm³/mol. The third kappa shape index (κ3) is 3.30. The number of hydrogen-bond acceptors (Lipinski definition) is 5. The van der Waals surface area contributed by atoms with E-state index in [9.17, 15) is 9.59 Å². The van der Waals surface area contributed by atoms with E-state index in [4.69, 9.17) is 4.52 Å². The maximum Gasteiger partial charge on any atom is 0.229 e. The van der Waals surface area contributed by atoms with Gasteiger partial charge in [0.05, 0.1) is 5.92 Å². The molecule has 0 bridgehead atoms. The first kappa shape index (κ1) is 15.6. The van der Waals surface area contributed by atoms with E-state index in [1.54, 1.807) is 0 Å². The summed E-state index contributed by atoms with van der Waals surface area (Å²) in [6.07, 6.45) is 7.80. The van der Waals surface area contributed by atoms with Crippen LogP contribution in [0.25, 0.3) is 0 Å². The Labute approximate surface area is 141 Å². The van der Waals surface area contributed by atoms with Gasteiger partial charge < -0.3 is 14.7 Å². The first-order chi connectivity index (χ1) is 11.7. The molecular formula is C17H24N4O3. The summed E-state index contributed by atoms with van der Waals surface area (Å²) in [7, 11) is 0. The molecule has 3 aliphatic rings. The highest BCUT2D eigenvalue weighted by molar-refractivity contribution is 5.89. The van der Waals surface area contributed by atoms with Crippen molar-refractivity contribution < 1.29 is 14.1 Å². The zero-order chi connectivity index (χ0) is 16.5. The summed E-state index contributed by atoms with van der Waals surface area (Å²) in [6.45, 7) is 1.06. The number of nitrogens with one attached hydrogen (secondary N) is 1. The molecule has 1 saturated heterocycles. The van der Waals surface area contributed by atoms with Crippen molar-refractivity contribution in [2.75, 3.05) is 13.1 Å². The van der Waals surface area contributed by atoms with Crippen LogP contribution in [0.15, 0.2) is 4.52 Å². The lowest BCUT2D eigenvalue weighted by atomic mass is 10.1. The molecule has 4 rings (SSSR count). The minimum atomic E-state index is -0.211. The van der Waals surface area contributed by atoms with Crippen LogP contribution in [0.4, 0.5) is 0 Å². The van der Waals surface area contributed by atoms with Gasteiger partial charge in [-0.05, 0) is 25.7 Å². The lowest BCUT2D eigenvalue weighted by molar-refractivity contribution is -0.129. The van der Waals surface area contributed by atoms with Crippen LogP contribution in [-0.4, -0.2) is 46.0 Å². The number of aromatic nitrogens is 2. The van der Waals surface area contributed by atoms with Gasteiger partial charge in [0.2, 0.25) is 17.7 Å². The van der Waals surface area contributed by atoms with Crippen molar-refractivity contribution in [1.29, 1.82) is 0 Å². The number of amides is 2. The molecule has 2 saturated carbocycles. The monoisotopic (exact) mass is 332 g/mol. The second-order valence-electron chi connectivity index (χ2n) is 7.25. The number of hydrogen-bond donors (Lipinski definition) is 1. The van der Waals surface area contributed by atoms with Crippen molar-refractivity contribution in [1.82, 2.24) is 20.4 Å². The molecule has 2 heterocycles. The van der Waals surface area contributed by atoms with Gasteiger partial charge in [0.1, 0.15) is 0 Å². The van der Waals surface area contributed by atoms with Crippen molar-refractivity contribution in [2.24, 2.45) is 5.92 Å². The third-order valence-electron chi connectivity index (χ3n) is 5.35. The van der Waals surface area contributed by atoms with Gasteiger partial charge in [-0.1, -0.05) is 18.0 Å². The van der Waals surface area contributed by atoms with Gasteiger partial charge in [-0.2, -0.15) is 4.98 Å². The predicted octanol–water partition coefficient (Wildman–Crippen LogP) is 1.40. The molecule has 0 spiro atoms. The van der Waals surface area contributed by atoms with Crippen LogP contribution in [0.3, 0.4) is 0 Å². The molecule has 1 N–H and O–H groups in total. The normalized spacial score (nSPS) is 24.8. The summed E-state index contributed by atoms with van der Waals surface area (Å²) < 4.78 is 5.34. The molecule has 7 heteroatoms. The summed E-state index contributed by atoms with van der Waals surface area (Å²) >= 11 is 0. The first-order valence-electron chi connectivity index (χ1n) is 9.10. The zero-order valence-electron chi connectivity index (χ0n) is 13.9. The third-order valence-corrected chi connectivity index (χ3v) is 5.35. The average molecular weight is 332 g/mol. The van der Waals surface area contributed by atoms with E-state index in [-0.39, 0.29) is 17.7 Å². The Hall–Kier alpha value is -1.92. The van der Waals surface area contributed by atoms with Crippen LogP contribution in [0, 0.1) is 5.92 Å². The Morgan fingerprint density at radius 2 is 2.04 bits per heavy atom. The number of carbonyl (C=O) groups is 2. The van der Waals surface area contributed by atoms with E-state index in [1.807, 2.05) is 4.90 Å². The molecule has 1 aromatic rings. The summed E-state index contributed by atoms with van der Waals surface area (Å²) in [6, 6.07) is 0.392. The summed E-state index contributed by atoms with van der Waals surface area (Å²) in [5.41, 5.74) is 0. The van der Waals surface area contributed by atoms with Crippen molar-refractivity contribution in [3.63, 3.8) is 0 Å². The summed E-state index contributed by atoms with van der Waals surface area (Å²) in [5, 5.41) is 6.92. The lowest BCUT2D eigenvalue weighted by Crippen LogP contribution is -2.34. The number of likely N-dealkylation sites (tertiary alicyclic amines) is 1. The Bertz CT molecular complexity index is 619. The number of rotatable bonds is 6. The van der Waals surface area contributed by atoms with Gasteiger partial charge in [0, 0.05) is 37.9 Å². The fraction of sp³-hybridized carbons (Fsp3) is 0.765. The second-order valence-corrected chi connectivity index (χ2v) is 7.25. The standard InChI is InChI=1S/C17H24N4O3/c22-15-9-12(10-21(15)13-5-6-13)16(23)18-8-7-14-19-17(24-20-14)11-3-1-2-4-11/h11-13H,1-10H2,(H,18,23)/t12-/m0/s1. The molecule has 2 aliphatic carbocycles. The van der Waals surface area contributed by atoms with Crippen LogP contribution in [0.1, 0.15) is 62.6 Å². The van der Waals surface area contributed by atoms with Gasteiger partial charge in [-0.25, -0.2) is 0 Å². The van der Waals surface area contributed by atoms with Crippen molar-refractivity contribution in [3.05, 3.63) is 11.7 Å². The molecule has 0 unspecified atom stereocenters. The van der Waals surface area contributed by atoms with Gasteiger partial charge in [-0.15, -0.1) is 0 Å². The SMILES string of the molecule is O=C(NCCc1noc(C2CCCC2)n1)[C@H]1CC(=O)N(C2CC2)C1. The van der Waals surface area contributed by atoms with Crippen LogP contribution in [0.2, 0.25) is 0 Å². The van der Waals surface area contributed by atoms with E-state index in [1.165, 1.54) is 12.8 Å². The fourth-order valence-corrected chi connectivity index (χ4v) is 3.80. The maximum atomic E-state index is 12.2. The van der Waals surface area contributed by atoms with Gasteiger partial charge in [-0.3, -0.25) is 9.59 Å². The van der Waals surface area contributed by atoms with Crippen LogP contribution < -0.4 is 5.32 Å². The quantitative estimate of drug-likeness (QED) is 0.850.